The minimum absolute atomic E-state index is 0.294. The van der Waals surface area contributed by atoms with Crippen molar-refractivity contribution < 1.29 is 0 Å². The highest BCUT2D eigenvalue weighted by atomic mass is 15.3. The molecule has 2 heterocycles. The molecule has 0 bridgehead atoms. The van der Waals surface area contributed by atoms with Crippen molar-refractivity contribution in [3.8, 4) is 5.82 Å². The SMILES string of the molecule is CNc1cc(-n2cccn2)nc(C(C)C)n1. The maximum atomic E-state index is 4.47. The van der Waals surface area contributed by atoms with E-state index in [2.05, 4.69) is 34.2 Å². The molecule has 0 aliphatic carbocycles. The largest absolute Gasteiger partial charge is 0.373 e. The third kappa shape index (κ3) is 2.03. The van der Waals surface area contributed by atoms with Gasteiger partial charge in [-0.3, -0.25) is 0 Å². The number of anilines is 1. The van der Waals surface area contributed by atoms with Crippen LogP contribution in [0.5, 0.6) is 0 Å². The topological polar surface area (TPSA) is 55.6 Å². The Kier molecular flexibility index (Phi) is 2.85. The first kappa shape index (κ1) is 10.6. The van der Waals surface area contributed by atoms with Crippen molar-refractivity contribution in [1.82, 2.24) is 19.7 Å². The molecular formula is C11H15N5. The fourth-order valence-corrected chi connectivity index (χ4v) is 1.36. The second-order valence-corrected chi connectivity index (χ2v) is 3.82. The summed E-state index contributed by atoms with van der Waals surface area (Å²) in [5.41, 5.74) is 0. The van der Waals surface area contributed by atoms with Gasteiger partial charge in [0, 0.05) is 31.4 Å². The number of nitrogens with one attached hydrogen (secondary N) is 1. The third-order valence-corrected chi connectivity index (χ3v) is 2.24. The maximum Gasteiger partial charge on any atom is 0.159 e. The van der Waals surface area contributed by atoms with Crippen LogP contribution in [0.2, 0.25) is 0 Å². The molecule has 1 N–H and O–H groups in total. The molecule has 0 unspecified atom stereocenters. The Balaban J connectivity index is 2.49. The van der Waals surface area contributed by atoms with Crippen molar-refractivity contribution in [2.24, 2.45) is 0 Å². The van der Waals surface area contributed by atoms with Crippen molar-refractivity contribution in [3.63, 3.8) is 0 Å². The van der Waals surface area contributed by atoms with Gasteiger partial charge in [-0.05, 0) is 6.07 Å². The lowest BCUT2D eigenvalue weighted by Gasteiger charge is -2.09. The molecule has 0 amide bonds. The maximum absolute atomic E-state index is 4.47. The van der Waals surface area contributed by atoms with E-state index in [-0.39, 0.29) is 0 Å². The van der Waals surface area contributed by atoms with Crippen LogP contribution in [0.3, 0.4) is 0 Å². The fraction of sp³-hybridized carbons (Fsp3) is 0.364. The molecule has 2 aromatic heterocycles. The molecule has 0 aliphatic heterocycles. The van der Waals surface area contributed by atoms with Gasteiger partial charge in [0.2, 0.25) is 0 Å². The quantitative estimate of drug-likeness (QED) is 0.852. The summed E-state index contributed by atoms with van der Waals surface area (Å²) in [5.74, 6) is 2.71. The average Bonchev–Trinajstić information content (AvgIpc) is 2.81. The van der Waals surface area contributed by atoms with Crippen molar-refractivity contribution >= 4 is 5.82 Å². The van der Waals surface area contributed by atoms with Crippen LogP contribution in [-0.2, 0) is 0 Å². The Morgan fingerprint density at radius 2 is 2.12 bits per heavy atom. The number of nitrogens with zero attached hydrogens (tertiary/aromatic N) is 4. The molecule has 2 rings (SSSR count). The van der Waals surface area contributed by atoms with E-state index in [4.69, 9.17) is 0 Å². The lowest BCUT2D eigenvalue weighted by atomic mass is 10.2. The highest BCUT2D eigenvalue weighted by Crippen LogP contribution is 2.15. The summed E-state index contributed by atoms with van der Waals surface area (Å²) in [6.07, 6.45) is 3.60. The first-order chi connectivity index (χ1) is 7.70. The lowest BCUT2D eigenvalue weighted by Crippen LogP contribution is -2.07. The summed E-state index contributed by atoms with van der Waals surface area (Å²) in [6, 6.07) is 3.75. The Bertz CT molecular complexity index is 461. The van der Waals surface area contributed by atoms with Gasteiger partial charge >= 0.3 is 0 Å². The molecule has 0 aromatic carbocycles. The van der Waals surface area contributed by atoms with Gasteiger partial charge in [-0.25, -0.2) is 14.6 Å². The van der Waals surface area contributed by atoms with E-state index in [1.807, 2.05) is 25.4 Å². The van der Waals surface area contributed by atoms with Crippen molar-refractivity contribution in [1.29, 1.82) is 0 Å². The van der Waals surface area contributed by atoms with Crippen LogP contribution in [-0.4, -0.2) is 26.8 Å². The minimum Gasteiger partial charge on any atom is -0.373 e. The zero-order valence-electron chi connectivity index (χ0n) is 9.68. The normalized spacial score (nSPS) is 10.8. The molecule has 2 aromatic rings. The molecule has 0 saturated heterocycles. The standard InChI is InChI=1S/C11H15N5/c1-8(2)11-14-9(12-3)7-10(15-11)16-6-4-5-13-16/h4-8H,1-3H3,(H,12,14,15). The van der Waals surface area contributed by atoms with Crippen LogP contribution in [0.1, 0.15) is 25.6 Å². The lowest BCUT2D eigenvalue weighted by molar-refractivity contribution is 0.747. The first-order valence-electron chi connectivity index (χ1n) is 5.27. The van der Waals surface area contributed by atoms with Gasteiger partial charge in [0.1, 0.15) is 11.6 Å². The highest BCUT2D eigenvalue weighted by Gasteiger charge is 2.08. The van der Waals surface area contributed by atoms with E-state index in [9.17, 15) is 0 Å². The van der Waals surface area contributed by atoms with Crippen LogP contribution in [0, 0.1) is 0 Å². The van der Waals surface area contributed by atoms with Crippen LogP contribution in [0.15, 0.2) is 24.5 Å². The Morgan fingerprint density at radius 3 is 2.69 bits per heavy atom. The van der Waals surface area contributed by atoms with Crippen LogP contribution in [0.4, 0.5) is 5.82 Å². The van der Waals surface area contributed by atoms with Crippen molar-refractivity contribution in [2.45, 2.75) is 19.8 Å². The van der Waals surface area contributed by atoms with E-state index in [1.54, 1.807) is 10.9 Å². The average molecular weight is 217 g/mol. The van der Waals surface area contributed by atoms with E-state index >= 15 is 0 Å². The summed E-state index contributed by atoms with van der Waals surface area (Å²) < 4.78 is 1.73. The molecular weight excluding hydrogens is 202 g/mol. The zero-order chi connectivity index (χ0) is 11.5. The fourth-order valence-electron chi connectivity index (χ4n) is 1.36. The van der Waals surface area contributed by atoms with E-state index in [0.717, 1.165) is 17.5 Å². The Labute approximate surface area is 94.5 Å². The van der Waals surface area contributed by atoms with Gasteiger partial charge in [-0.1, -0.05) is 13.8 Å². The second kappa shape index (κ2) is 4.30. The monoisotopic (exact) mass is 217 g/mol. The molecule has 0 atom stereocenters. The van der Waals surface area contributed by atoms with Crippen molar-refractivity contribution in [3.05, 3.63) is 30.4 Å². The summed E-state index contributed by atoms with van der Waals surface area (Å²) in [5, 5.41) is 7.19. The van der Waals surface area contributed by atoms with Crippen LogP contribution < -0.4 is 5.32 Å². The summed E-state index contributed by atoms with van der Waals surface area (Å²) in [7, 11) is 1.85. The Hall–Kier alpha value is -1.91. The molecule has 5 nitrogen and oxygen atoms in total. The molecule has 16 heavy (non-hydrogen) atoms. The van der Waals surface area contributed by atoms with Gasteiger partial charge < -0.3 is 5.32 Å². The smallest absolute Gasteiger partial charge is 0.159 e. The van der Waals surface area contributed by atoms with Gasteiger partial charge in [-0.2, -0.15) is 5.10 Å². The van der Waals surface area contributed by atoms with E-state index < -0.39 is 0 Å². The highest BCUT2D eigenvalue weighted by molar-refractivity contribution is 5.41. The van der Waals surface area contributed by atoms with Crippen molar-refractivity contribution in [2.75, 3.05) is 12.4 Å². The number of hydrogen-bond acceptors (Lipinski definition) is 4. The van der Waals surface area contributed by atoms with E-state index in [0.29, 0.717) is 5.92 Å². The van der Waals surface area contributed by atoms with Crippen LogP contribution >= 0.6 is 0 Å². The van der Waals surface area contributed by atoms with Gasteiger partial charge in [0.05, 0.1) is 0 Å². The summed E-state index contributed by atoms with van der Waals surface area (Å²) in [4.78, 5) is 8.87. The first-order valence-corrected chi connectivity index (χ1v) is 5.27. The summed E-state index contributed by atoms with van der Waals surface area (Å²) >= 11 is 0. The van der Waals surface area contributed by atoms with E-state index in [1.165, 1.54) is 0 Å². The van der Waals surface area contributed by atoms with Gasteiger partial charge in [0.25, 0.3) is 0 Å². The number of rotatable bonds is 3. The number of hydrogen-bond donors (Lipinski definition) is 1. The molecule has 0 radical (unpaired) electrons. The van der Waals surface area contributed by atoms with Crippen LogP contribution in [0.25, 0.3) is 5.82 Å². The van der Waals surface area contributed by atoms with Gasteiger partial charge in [0.15, 0.2) is 5.82 Å². The van der Waals surface area contributed by atoms with Gasteiger partial charge in [-0.15, -0.1) is 0 Å². The molecule has 0 aliphatic rings. The molecule has 84 valence electrons. The summed E-state index contributed by atoms with van der Waals surface area (Å²) in [6.45, 7) is 4.14. The molecule has 0 fully saturated rings. The third-order valence-electron chi connectivity index (χ3n) is 2.24. The zero-order valence-corrected chi connectivity index (χ0v) is 9.68. The molecule has 0 spiro atoms. The minimum atomic E-state index is 0.294. The Morgan fingerprint density at radius 1 is 1.31 bits per heavy atom. The predicted molar refractivity (Wildman–Crippen MR) is 62.8 cm³/mol. The molecule has 5 heteroatoms. The predicted octanol–water partition coefficient (Wildman–Crippen LogP) is 1.83. The number of aromatic nitrogens is 4. The second-order valence-electron chi connectivity index (χ2n) is 3.82. The molecule has 0 saturated carbocycles.